The summed E-state index contributed by atoms with van der Waals surface area (Å²) < 4.78 is 58.7. The Bertz CT molecular complexity index is 7030. The van der Waals surface area contributed by atoms with E-state index in [1.807, 2.05) is 0 Å². The first-order chi connectivity index (χ1) is 64.8. The normalized spacial score (nSPS) is 10.6. The molecule has 0 unspecified atom stereocenters. The fourth-order valence-corrected chi connectivity index (χ4v) is 11.4. The van der Waals surface area contributed by atoms with E-state index in [0.717, 1.165) is 118 Å². The van der Waals surface area contributed by atoms with Crippen LogP contribution in [0.15, 0.2) is 146 Å². The zero-order valence-corrected chi connectivity index (χ0v) is 70.4. The van der Waals surface area contributed by atoms with E-state index < -0.39 is 295 Å². The lowest BCUT2D eigenvalue weighted by atomic mass is 10.1. The van der Waals surface area contributed by atoms with Crippen LogP contribution in [0.2, 0.25) is 0 Å². The smallest absolute Gasteiger partial charge is 0.343 e. The Morgan fingerprint density at radius 2 is 0.261 bits per heavy atom. The lowest BCUT2D eigenvalue weighted by Crippen LogP contribution is -2.13. The highest BCUT2D eigenvalue weighted by Crippen LogP contribution is 2.48. The minimum absolute atomic E-state index is 0.0682. The van der Waals surface area contributed by atoms with Gasteiger partial charge in [-0.25, -0.2) is 57.5 Å². The first-order valence-corrected chi connectivity index (χ1v) is 37.7. The molecule has 0 amide bonds. The van der Waals surface area contributed by atoms with Gasteiger partial charge in [-0.2, -0.15) is 0 Å². The van der Waals surface area contributed by atoms with Gasteiger partial charge in [-0.05, 0) is 177 Å². The van der Waals surface area contributed by atoms with Crippen molar-refractivity contribution < 1.29 is 237 Å². The van der Waals surface area contributed by atoms with Crippen molar-refractivity contribution in [2.75, 3.05) is 21.3 Å². The number of hydrogen-bond donors (Lipinski definition) is 24. The summed E-state index contributed by atoms with van der Waals surface area (Å²) in [4.78, 5) is 151. The molecule has 12 rings (SSSR count). The quantitative estimate of drug-likeness (QED) is 0.0138. The maximum absolute atomic E-state index is 13.1. The number of rotatable bonds is 21. The number of esters is 12. The second-order valence-corrected chi connectivity index (χ2v) is 28.0. The summed E-state index contributed by atoms with van der Waals surface area (Å²) in [6.45, 7) is 4.14. The van der Waals surface area contributed by atoms with Crippen molar-refractivity contribution in [2.45, 2.75) is 20.8 Å². The molecule has 714 valence electrons. The van der Waals surface area contributed by atoms with E-state index in [1.165, 1.54) is 26.8 Å². The molecule has 0 radical (unpaired) electrons. The largest absolute Gasteiger partial charge is 0.508 e. The van der Waals surface area contributed by atoms with Crippen LogP contribution in [-0.4, -0.2) is 216 Å². The van der Waals surface area contributed by atoms with Crippen molar-refractivity contribution in [1.82, 2.24) is 0 Å². The predicted molar refractivity (Wildman–Crippen MR) is 450 cm³/mol. The van der Waals surface area contributed by atoms with Gasteiger partial charge in [-0.15, -0.1) is 0 Å². The number of methoxy groups -OCH3 is 3. The van der Waals surface area contributed by atoms with Crippen LogP contribution in [-0.2, 0) is 14.2 Å². The van der Waals surface area contributed by atoms with Gasteiger partial charge < -0.3 is 179 Å². The van der Waals surface area contributed by atoms with E-state index in [0.29, 0.717) is 42.5 Å². The number of aryl methyl sites for hydroxylation is 2. The van der Waals surface area contributed by atoms with Crippen LogP contribution < -0.4 is 42.6 Å². The fraction of sp³-hybridized carbons (Fsp3) is 0.0667. The van der Waals surface area contributed by atoms with Gasteiger partial charge in [0.2, 0.25) is 51.7 Å². The Hall–Kier alpha value is -20.5. The van der Waals surface area contributed by atoms with Crippen molar-refractivity contribution in [2.24, 2.45) is 0 Å². The van der Waals surface area contributed by atoms with Crippen LogP contribution in [0, 0.1) is 20.8 Å². The number of aromatic hydroxyl groups is 24. The lowest BCUT2D eigenvalue weighted by molar-refractivity contribution is 0.0590. The molecule has 0 atom stereocenters. The molecule has 138 heavy (non-hydrogen) atoms. The van der Waals surface area contributed by atoms with Gasteiger partial charge in [0.05, 0.1) is 88.1 Å². The maximum atomic E-state index is 13.1. The SMILES string of the molecule is COC(=O)c1cc(O)c(O)c(OC(=O)c2cc(O)c(O)c(OC(=O)c3cc(C)c(O)c(O)c3)c2)c1.COC(=O)c1cc(O)c(O)c(OC(=O)c2cc(O)c(O)c(OC(=O)c3cc(O)c(O)c(OC(=O)c4cc(O)c(C)c(O)c4)c3)c2)c1.COC(=O)c1cc(O)c(O)c(OC(=O)c2cc(O)c(O)c(OC(=O)c3cc(O)c(O)c(OC(=O)c4cc(O)c(O)c(OC(=O)c5cc(C)c(O)c(O)c5)c4)c3)c2)c1. The molecule has 0 saturated carbocycles. The number of carbonyl (C=O) groups excluding carboxylic acids is 12. The molecule has 48 heteroatoms. The van der Waals surface area contributed by atoms with Gasteiger partial charge in [-0.1, -0.05) is 0 Å². The minimum atomic E-state index is -1.47. The maximum Gasteiger partial charge on any atom is 0.343 e. The van der Waals surface area contributed by atoms with E-state index in [-0.39, 0.29) is 50.1 Å². The van der Waals surface area contributed by atoms with Gasteiger partial charge in [-0.3, -0.25) is 0 Å². The van der Waals surface area contributed by atoms with Gasteiger partial charge in [0.15, 0.2) is 126 Å². The Morgan fingerprint density at radius 1 is 0.152 bits per heavy atom. The topological polar surface area (TPSA) is 801 Å². The first-order valence-electron chi connectivity index (χ1n) is 37.7. The summed E-state index contributed by atoms with van der Waals surface area (Å²) in [7, 11) is 3.13. The third-order valence-corrected chi connectivity index (χ3v) is 18.6. The van der Waals surface area contributed by atoms with Crippen LogP contribution in [0.25, 0.3) is 0 Å². The Balaban J connectivity index is 0.000000220. The van der Waals surface area contributed by atoms with Crippen molar-refractivity contribution in [3.05, 3.63) is 229 Å². The van der Waals surface area contributed by atoms with Crippen LogP contribution in [0.5, 0.6) is 190 Å². The molecule has 0 aliphatic heterocycles. The number of phenols is 24. The van der Waals surface area contributed by atoms with Crippen molar-refractivity contribution in [3.63, 3.8) is 0 Å². The summed E-state index contributed by atoms with van der Waals surface area (Å²) in [5, 5.41) is 241. The molecule has 0 bridgehead atoms. The van der Waals surface area contributed by atoms with Crippen LogP contribution in [0.3, 0.4) is 0 Å². The number of phenolic OH excluding ortho intramolecular Hbond substituents is 24. The molecule has 0 spiro atoms. The monoisotopic (exact) mass is 1910 g/mol. The molecule has 0 aliphatic rings. The molecule has 0 aromatic heterocycles. The number of benzene rings is 12. The van der Waals surface area contributed by atoms with E-state index >= 15 is 0 Å². The minimum Gasteiger partial charge on any atom is -0.508 e. The average Bonchev–Trinajstić information content (AvgIpc) is 0.804. The Kier molecular flexibility index (Phi) is 29.3. The third-order valence-electron chi connectivity index (χ3n) is 18.6. The summed E-state index contributed by atoms with van der Waals surface area (Å²) >= 11 is 0. The first kappa shape index (κ1) is 99.6. The molecular formula is C90H66O48. The second kappa shape index (κ2) is 40.6. The molecule has 0 saturated heterocycles. The molecular weight excluding hydrogens is 1850 g/mol. The van der Waals surface area contributed by atoms with Crippen LogP contribution in [0.4, 0.5) is 0 Å². The predicted octanol–water partition coefficient (Wildman–Crippen LogP) is 9.25. The van der Waals surface area contributed by atoms with E-state index in [9.17, 15) is 180 Å². The zero-order valence-electron chi connectivity index (χ0n) is 70.4. The van der Waals surface area contributed by atoms with Crippen molar-refractivity contribution in [1.29, 1.82) is 0 Å². The molecule has 0 fully saturated rings. The Morgan fingerprint density at radius 3 is 0.391 bits per heavy atom. The highest BCUT2D eigenvalue weighted by Gasteiger charge is 2.32. The molecule has 12 aromatic carbocycles. The van der Waals surface area contributed by atoms with Crippen molar-refractivity contribution >= 4 is 71.6 Å². The zero-order chi connectivity index (χ0) is 102. The number of ether oxygens (including phenoxy) is 12. The third kappa shape index (κ3) is 22.1. The van der Waals surface area contributed by atoms with Crippen molar-refractivity contribution in [3.8, 4) is 190 Å². The van der Waals surface area contributed by atoms with Crippen LogP contribution in [0.1, 0.15) is 141 Å². The van der Waals surface area contributed by atoms with Gasteiger partial charge >= 0.3 is 71.6 Å². The summed E-state index contributed by atoms with van der Waals surface area (Å²) in [5.74, 6) is -42.0. The number of carbonyl (C=O) groups is 12. The van der Waals surface area contributed by atoms with Gasteiger partial charge in [0.1, 0.15) is 11.5 Å². The summed E-state index contributed by atoms with van der Waals surface area (Å²) in [6.07, 6.45) is 0. The summed E-state index contributed by atoms with van der Waals surface area (Å²) in [5.41, 5.74) is -5.04. The lowest BCUT2D eigenvalue weighted by Gasteiger charge is -2.13. The van der Waals surface area contributed by atoms with E-state index in [4.69, 9.17) is 42.6 Å². The van der Waals surface area contributed by atoms with Crippen LogP contribution >= 0.6 is 0 Å². The molecule has 24 N–H and O–H groups in total. The average molecular weight is 1920 g/mol. The van der Waals surface area contributed by atoms with Gasteiger partial charge in [0, 0.05) is 5.56 Å². The highest BCUT2D eigenvalue weighted by molar-refractivity contribution is 6.02. The molecule has 48 nitrogen and oxygen atoms in total. The molecule has 12 aromatic rings. The number of hydrogen-bond acceptors (Lipinski definition) is 48. The highest BCUT2D eigenvalue weighted by atomic mass is 16.6. The van der Waals surface area contributed by atoms with Gasteiger partial charge in [0.25, 0.3) is 0 Å². The molecule has 0 heterocycles. The van der Waals surface area contributed by atoms with E-state index in [1.54, 1.807) is 0 Å². The van der Waals surface area contributed by atoms with E-state index in [2.05, 4.69) is 14.2 Å². The standard InChI is InChI=1S/C37H26O20.C30H22O16.C23H18O12/c1-13-3-14(4-19(38)28(13)43)34(49)54-25-10-16(6-21(40)30(25)45)36(51)56-27-12-18(8-23(42)32(27)47)37(52)57-26-11-17(7-22(41)31(26)46)35(50)55-24-9-15(33(48)53-2)5-20(39)29(24)44;1-11-16(31)3-12(4-17(11)32)28(40)44-22-9-14(6-19(34)25(22)37)30(42)46-23-10-15(7-20(35)26(23)38)29(41)45-21-8-13(27(39)43-2)5-18(33)24(21)36;1-9-3-10(4-13(24)18(9)27)22(31)34-17-8-12(6-15(26)20(17)29)23(32)35-16-7-11(21(30)33-2)5-14(25)19(16)28/h3-12,38-47H,1-2H3;3-10,31-38H,1-2H3;3-8,24-29H,1-2H3. The Labute approximate surface area is 766 Å². The second-order valence-electron chi connectivity index (χ2n) is 28.0. The molecule has 0 aliphatic carbocycles. The summed E-state index contributed by atoms with van der Waals surface area (Å²) in [6, 6.07) is 19.6. The fourth-order valence-electron chi connectivity index (χ4n) is 11.4.